The molecule has 178 valence electrons. The molecule has 0 amide bonds. The van der Waals surface area contributed by atoms with E-state index >= 15 is 0 Å². The third-order valence-corrected chi connectivity index (χ3v) is 9.13. The molecule has 1 aliphatic rings. The predicted octanol–water partition coefficient (Wildman–Crippen LogP) is 6.33. The lowest BCUT2D eigenvalue weighted by molar-refractivity contribution is -0.136. The van der Waals surface area contributed by atoms with Gasteiger partial charge in [0.25, 0.3) is 0 Å². The van der Waals surface area contributed by atoms with Crippen molar-refractivity contribution < 1.29 is 19.1 Å². The maximum atomic E-state index is 12.7. The van der Waals surface area contributed by atoms with Crippen LogP contribution in [-0.4, -0.2) is 40.2 Å². The number of Topliss-reactive ketones (excluding diaryl/α,β-unsaturated/α-hetero) is 1. The zero-order valence-corrected chi connectivity index (χ0v) is 21.8. The van der Waals surface area contributed by atoms with Crippen LogP contribution in [0.3, 0.4) is 0 Å². The zero-order chi connectivity index (χ0) is 24.3. The average Bonchev–Trinajstić information content (AvgIpc) is 2.74. The van der Waals surface area contributed by atoms with Crippen LogP contribution in [0.2, 0.25) is 0 Å². The van der Waals surface area contributed by atoms with Crippen molar-refractivity contribution in [1.29, 1.82) is 0 Å². The van der Waals surface area contributed by atoms with Crippen molar-refractivity contribution >= 4 is 41.1 Å². The van der Waals surface area contributed by atoms with Crippen molar-refractivity contribution in [2.45, 2.75) is 63.9 Å². The number of esters is 1. The van der Waals surface area contributed by atoms with E-state index in [9.17, 15) is 14.4 Å². The van der Waals surface area contributed by atoms with E-state index in [4.69, 9.17) is 4.74 Å². The first-order valence-electron chi connectivity index (χ1n) is 11.1. The summed E-state index contributed by atoms with van der Waals surface area (Å²) >= 11 is 3.61. The van der Waals surface area contributed by atoms with E-state index in [1.165, 1.54) is 13.2 Å². The van der Waals surface area contributed by atoms with Crippen molar-refractivity contribution in [3.8, 4) is 0 Å². The van der Waals surface area contributed by atoms with Gasteiger partial charge in [0.15, 0.2) is 11.6 Å². The molecule has 1 aliphatic heterocycles. The van der Waals surface area contributed by atoms with Crippen LogP contribution in [0, 0.1) is 11.8 Å². The van der Waals surface area contributed by atoms with E-state index in [1.807, 2.05) is 13.0 Å². The van der Waals surface area contributed by atoms with Crippen LogP contribution in [0.4, 0.5) is 0 Å². The summed E-state index contributed by atoms with van der Waals surface area (Å²) in [6, 6.07) is 0. The molecule has 0 radical (unpaired) electrons. The summed E-state index contributed by atoms with van der Waals surface area (Å²) in [6.07, 6.45) is 8.21. The Hall–Kier alpha value is -1.53. The second-order valence-corrected chi connectivity index (χ2v) is 11.8. The minimum Gasteiger partial charge on any atom is -0.466 e. The third kappa shape index (κ3) is 8.78. The largest absolute Gasteiger partial charge is 0.466 e. The van der Waals surface area contributed by atoms with Crippen molar-refractivity contribution in [3.05, 3.63) is 48.1 Å². The van der Waals surface area contributed by atoms with E-state index in [1.54, 1.807) is 36.5 Å². The minimum absolute atomic E-state index is 0.0371. The summed E-state index contributed by atoms with van der Waals surface area (Å²) in [4.78, 5) is 38.0. The quantitative estimate of drug-likeness (QED) is 0.175. The molecule has 0 bridgehead atoms. The van der Waals surface area contributed by atoms with Gasteiger partial charge in [0, 0.05) is 18.4 Å². The number of allylic oxidation sites excluding steroid dienone is 5. The van der Waals surface area contributed by atoms with Crippen molar-refractivity contribution in [2.75, 3.05) is 18.6 Å². The molecule has 0 N–H and O–H groups in total. The Morgan fingerprint density at radius 2 is 1.75 bits per heavy atom. The molecule has 1 rings (SSSR count). The molecule has 1 atom stereocenters. The Balaban J connectivity index is 3.33. The van der Waals surface area contributed by atoms with E-state index in [0.717, 1.165) is 36.3 Å². The van der Waals surface area contributed by atoms with Crippen LogP contribution in [0.1, 0.15) is 59.8 Å². The highest BCUT2D eigenvalue weighted by Gasteiger charge is 2.45. The van der Waals surface area contributed by atoms with Gasteiger partial charge in [-0.1, -0.05) is 32.1 Å². The minimum atomic E-state index is -0.490. The summed E-state index contributed by atoms with van der Waals surface area (Å²) in [7, 11) is 1.34. The first-order chi connectivity index (χ1) is 15.1. The predicted molar refractivity (Wildman–Crippen MR) is 138 cm³/mol. The number of ketones is 2. The number of hydrogen-bond donors (Lipinski definition) is 0. The highest BCUT2D eigenvalue weighted by molar-refractivity contribution is 8.18. The first kappa shape index (κ1) is 28.5. The Bertz CT molecular complexity index is 771. The van der Waals surface area contributed by atoms with Gasteiger partial charge in [0.1, 0.15) is 0 Å². The lowest BCUT2D eigenvalue weighted by atomic mass is 9.83. The van der Waals surface area contributed by atoms with E-state index in [-0.39, 0.29) is 27.5 Å². The van der Waals surface area contributed by atoms with Gasteiger partial charge in [-0.3, -0.25) is 9.59 Å². The molecule has 0 aliphatic carbocycles. The number of rotatable bonds is 13. The van der Waals surface area contributed by atoms with E-state index in [0.29, 0.717) is 24.0 Å². The topological polar surface area (TPSA) is 60.4 Å². The van der Waals surface area contributed by atoms with Gasteiger partial charge in [-0.05, 0) is 74.2 Å². The maximum absolute atomic E-state index is 12.7. The second-order valence-electron chi connectivity index (χ2n) is 8.68. The van der Waals surface area contributed by atoms with Crippen molar-refractivity contribution in [3.63, 3.8) is 0 Å². The molecular weight excluding hydrogens is 440 g/mol. The van der Waals surface area contributed by atoms with Crippen LogP contribution in [0.25, 0.3) is 0 Å². The number of ether oxygens (including phenoxy) is 1. The van der Waals surface area contributed by atoms with Crippen LogP contribution >= 0.6 is 23.5 Å². The lowest BCUT2D eigenvalue weighted by Crippen LogP contribution is -2.40. The Morgan fingerprint density at radius 3 is 2.25 bits per heavy atom. The third-order valence-electron chi connectivity index (χ3n) is 5.56. The number of hydrogen-bond acceptors (Lipinski definition) is 6. The zero-order valence-electron chi connectivity index (χ0n) is 20.2. The maximum Gasteiger partial charge on any atom is 0.333 e. The lowest BCUT2D eigenvalue weighted by Gasteiger charge is -2.44. The SMILES string of the molecule is C=CCC/C(C)=C\C(=O)/C=C(/CC1([C@@H](CC(=O)C(=C)C)C(C)C)SCCCS1)C(=O)OC. The fraction of sp³-hybridized carbons (Fsp3) is 0.577. The molecule has 0 spiro atoms. The number of carbonyl (C=O) groups is 3. The van der Waals surface area contributed by atoms with Gasteiger partial charge in [-0.25, -0.2) is 4.79 Å². The number of methoxy groups -OCH3 is 1. The molecule has 0 unspecified atom stereocenters. The highest BCUT2D eigenvalue weighted by Crippen LogP contribution is 2.54. The summed E-state index contributed by atoms with van der Waals surface area (Å²) in [5.74, 6) is 1.53. The molecule has 0 aromatic carbocycles. The fourth-order valence-corrected chi connectivity index (χ4v) is 7.69. The molecule has 1 heterocycles. The van der Waals surface area contributed by atoms with E-state index in [2.05, 4.69) is 27.0 Å². The van der Waals surface area contributed by atoms with Gasteiger partial charge < -0.3 is 4.74 Å². The van der Waals surface area contributed by atoms with Crippen molar-refractivity contribution in [1.82, 2.24) is 0 Å². The molecule has 1 fully saturated rings. The molecule has 0 saturated carbocycles. The van der Waals surface area contributed by atoms with Gasteiger partial charge in [0.05, 0.1) is 11.2 Å². The summed E-state index contributed by atoms with van der Waals surface area (Å²) in [5, 5.41) is 0. The van der Waals surface area contributed by atoms with Gasteiger partial charge in [-0.2, -0.15) is 0 Å². The summed E-state index contributed by atoms with van der Waals surface area (Å²) < 4.78 is 4.66. The monoisotopic (exact) mass is 478 g/mol. The van der Waals surface area contributed by atoms with Crippen LogP contribution in [-0.2, 0) is 19.1 Å². The Kier molecular flexibility index (Phi) is 12.4. The average molecular weight is 479 g/mol. The second kappa shape index (κ2) is 13.9. The van der Waals surface area contributed by atoms with E-state index < -0.39 is 5.97 Å². The molecule has 1 saturated heterocycles. The summed E-state index contributed by atoms with van der Waals surface area (Å²) in [6.45, 7) is 15.4. The van der Waals surface area contributed by atoms with Crippen LogP contribution in [0.5, 0.6) is 0 Å². The molecule has 6 heteroatoms. The molecular formula is C26H38O4S2. The smallest absolute Gasteiger partial charge is 0.333 e. The number of carbonyl (C=O) groups excluding carboxylic acids is 3. The normalized spacial score (nSPS) is 17.6. The first-order valence-corrected chi connectivity index (χ1v) is 13.1. The Morgan fingerprint density at radius 1 is 1.12 bits per heavy atom. The van der Waals surface area contributed by atoms with Crippen LogP contribution in [0.15, 0.2) is 48.1 Å². The van der Waals surface area contributed by atoms with Gasteiger partial charge >= 0.3 is 5.97 Å². The molecule has 0 aromatic heterocycles. The van der Waals surface area contributed by atoms with Gasteiger partial charge in [-0.15, -0.1) is 30.1 Å². The molecule has 4 nitrogen and oxygen atoms in total. The highest BCUT2D eigenvalue weighted by atomic mass is 32.2. The number of thioether (sulfide) groups is 2. The fourth-order valence-electron chi connectivity index (χ4n) is 3.75. The van der Waals surface area contributed by atoms with Gasteiger partial charge in [0.2, 0.25) is 0 Å². The molecule has 32 heavy (non-hydrogen) atoms. The standard InChI is InChI=1S/C26H38O4S2/c1-8-9-11-20(6)14-22(27)15-21(25(29)30-7)17-26(31-12-10-13-32-26)23(18(2)3)16-24(28)19(4)5/h8,14-15,18,23H,1,4,9-13,16-17H2,2-3,5-7H3/b20-14-,21-15-/t23-/m0/s1. The Labute approximate surface area is 202 Å². The molecule has 0 aromatic rings. The summed E-state index contributed by atoms with van der Waals surface area (Å²) in [5.41, 5.74) is 1.86. The van der Waals surface area contributed by atoms with Crippen molar-refractivity contribution in [2.24, 2.45) is 11.8 Å². The van der Waals surface area contributed by atoms with Crippen LogP contribution < -0.4 is 0 Å².